The Labute approximate surface area is 158 Å². The maximum Gasteiger partial charge on any atom is 0.410 e. The van der Waals surface area contributed by atoms with Crippen molar-refractivity contribution in [3.8, 4) is 17.2 Å². The number of nitrogens with zero attached hydrogens (tertiary/aromatic N) is 2. The normalized spacial score (nSPS) is 13.0. The molecule has 1 aliphatic heterocycles. The summed E-state index contributed by atoms with van der Waals surface area (Å²) >= 11 is 0. The molecule has 2 aromatic rings. The number of benzene rings is 2. The topological polar surface area (TPSA) is 96.4 Å². The third kappa shape index (κ3) is 3.77. The van der Waals surface area contributed by atoms with E-state index in [1.54, 1.807) is 29.2 Å². The molecule has 6 heteroatoms. The number of carbonyl (C=O) groups is 2. The van der Waals surface area contributed by atoms with E-state index >= 15 is 0 Å². The minimum absolute atomic E-state index is 0.326. The molecule has 0 atom stereocenters. The predicted octanol–water partition coefficient (Wildman–Crippen LogP) is 3.57. The van der Waals surface area contributed by atoms with Crippen LogP contribution in [-0.2, 0) is 17.8 Å². The first-order chi connectivity index (χ1) is 12.7. The van der Waals surface area contributed by atoms with Crippen molar-refractivity contribution in [2.45, 2.75) is 39.5 Å². The fraction of sp³-hybridized carbons (Fsp3) is 0.286. The smallest absolute Gasteiger partial charge is 0.410 e. The third-order valence-corrected chi connectivity index (χ3v) is 4.33. The lowest BCUT2D eigenvalue weighted by Gasteiger charge is -2.24. The number of amides is 2. The molecule has 1 heterocycles. The highest BCUT2D eigenvalue weighted by molar-refractivity contribution is 5.95. The summed E-state index contributed by atoms with van der Waals surface area (Å²) in [5.41, 5.74) is 8.93. The van der Waals surface area contributed by atoms with E-state index in [0.29, 0.717) is 29.8 Å². The maximum absolute atomic E-state index is 12.5. The van der Waals surface area contributed by atoms with Crippen molar-refractivity contribution < 1.29 is 14.3 Å². The van der Waals surface area contributed by atoms with Crippen molar-refractivity contribution in [2.75, 3.05) is 0 Å². The van der Waals surface area contributed by atoms with E-state index in [1.165, 1.54) is 0 Å². The number of hydrogen-bond donors (Lipinski definition) is 1. The van der Waals surface area contributed by atoms with Gasteiger partial charge in [-0.15, -0.1) is 0 Å². The molecular weight excluding hydrogens is 342 g/mol. The number of rotatable bonds is 2. The zero-order valence-electron chi connectivity index (χ0n) is 15.6. The Morgan fingerprint density at radius 2 is 1.85 bits per heavy atom. The molecule has 0 bridgehead atoms. The Bertz CT molecular complexity index is 968. The number of primary amides is 1. The monoisotopic (exact) mass is 363 g/mol. The van der Waals surface area contributed by atoms with Crippen LogP contribution in [0.1, 0.15) is 47.8 Å². The summed E-state index contributed by atoms with van der Waals surface area (Å²) in [7, 11) is 0. The van der Waals surface area contributed by atoms with Crippen LogP contribution < -0.4 is 5.73 Å². The standard InChI is InChI=1S/C21H21N3O3/c1-21(2,3)27-20(26)24-11-15-8-14(19(23)25)9-17(18(15)12-24)16-7-5-4-6-13(16)10-22/h4-9H,11-12H2,1-3H3,(H2,23,25). The highest BCUT2D eigenvalue weighted by Gasteiger charge is 2.30. The van der Waals surface area contributed by atoms with E-state index in [1.807, 2.05) is 32.9 Å². The van der Waals surface area contributed by atoms with E-state index in [9.17, 15) is 14.9 Å². The number of nitriles is 1. The molecule has 138 valence electrons. The number of fused-ring (bicyclic) bond motifs is 1. The first kappa shape index (κ1) is 18.5. The highest BCUT2D eigenvalue weighted by Crippen LogP contribution is 2.36. The average Bonchev–Trinajstić information content (AvgIpc) is 3.03. The molecule has 2 amide bonds. The van der Waals surface area contributed by atoms with Gasteiger partial charge in [0.2, 0.25) is 5.91 Å². The van der Waals surface area contributed by atoms with Crippen LogP contribution in [0.4, 0.5) is 4.79 Å². The van der Waals surface area contributed by atoms with Crippen LogP contribution in [0.25, 0.3) is 11.1 Å². The third-order valence-electron chi connectivity index (χ3n) is 4.33. The SMILES string of the molecule is CC(C)(C)OC(=O)N1Cc2cc(C(N)=O)cc(-c3ccccc3C#N)c2C1. The zero-order valence-corrected chi connectivity index (χ0v) is 15.6. The lowest BCUT2D eigenvalue weighted by atomic mass is 9.92. The largest absolute Gasteiger partial charge is 0.444 e. The Balaban J connectivity index is 2.07. The molecule has 0 radical (unpaired) electrons. The first-order valence-corrected chi connectivity index (χ1v) is 8.62. The molecule has 3 rings (SSSR count). The van der Waals surface area contributed by atoms with Gasteiger partial charge in [0.1, 0.15) is 5.60 Å². The minimum atomic E-state index is -0.597. The quantitative estimate of drug-likeness (QED) is 0.882. The molecule has 0 saturated heterocycles. The van der Waals surface area contributed by atoms with Crippen LogP contribution >= 0.6 is 0 Å². The van der Waals surface area contributed by atoms with Crippen molar-refractivity contribution in [1.29, 1.82) is 5.26 Å². The Morgan fingerprint density at radius 1 is 1.15 bits per heavy atom. The van der Waals surface area contributed by atoms with Crippen molar-refractivity contribution >= 4 is 12.0 Å². The van der Waals surface area contributed by atoms with Crippen LogP contribution in [0, 0.1) is 11.3 Å². The average molecular weight is 363 g/mol. The summed E-state index contributed by atoms with van der Waals surface area (Å²) in [5, 5.41) is 9.45. The molecule has 2 N–H and O–H groups in total. The molecule has 2 aromatic carbocycles. The number of ether oxygens (including phenoxy) is 1. The molecule has 27 heavy (non-hydrogen) atoms. The summed E-state index contributed by atoms with van der Waals surface area (Å²) in [6, 6.07) is 12.7. The lowest BCUT2D eigenvalue weighted by Crippen LogP contribution is -2.33. The van der Waals surface area contributed by atoms with Gasteiger partial charge in [-0.1, -0.05) is 18.2 Å². The fourth-order valence-electron chi connectivity index (χ4n) is 3.17. The molecule has 0 aliphatic carbocycles. The van der Waals surface area contributed by atoms with Crippen molar-refractivity contribution in [1.82, 2.24) is 4.90 Å². The zero-order chi connectivity index (χ0) is 19.8. The lowest BCUT2D eigenvalue weighted by molar-refractivity contribution is 0.0242. The van der Waals surface area contributed by atoms with Gasteiger partial charge in [0.05, 0.1) is 18.2 Å². The molecule has 0 fully saturated rings. The second kappa shape index (κ2) is 6.76. The fourth-order valence-corrected chi connectivity index (χ4v) is 3.17. The second-order valence-corrected chi connectivity index (χ2v) is 7.52. The van der Waals surface area contributed by atoms with Crippen LogP contribution in [0.2, 0.25) is 0 Å². The van der Waals surface area contributed by atoms with Gasteiger partial charge in [-0.3, -0.25) is 9.69 Å². The van der Waals surface area contributed by atoms with Gasteiger partial charge < -0.3 is 10.5 Å². The summed E-state index contributed by atoms with van der Waals surface area (Å²) in [6.07, 6.45) is -0.418. The van der Waals surface area contributed by atoms with E-state index < -0.39 is 17.6 Å². The van der Waals surface area contributed by atoms with Crippen molar-refractivity contribution in [3.63, 3.8) is 0 Å². The molecule has 0 spiro atoms. The number of carbonyl (C=O) groups excluding carboxylic acids is 2. The van der Waals surface area contributed by atoms with Gasteiger partial charge in [-0.05, 0) is 61.2 Å². The predicted molar refractivity (Wildman–Crippen MR) is 101 cm³/mol. The van der Waals surface area contributed by atoms with Crippen molar-refractivity contribution in [2.24, 2.45) is 5.73 Å². The van der Waals surface area contributed by atoms with Crippen LogP contribution in [0.5, 0.6) is 0 Å². The van der Waals surface area contributed by atoms with Crippen LogP contribution in [0.15, 0.2) is 36.4 Å². The van der Waals surface area contributed by atoms with Gasteiger partial charge in [0.15, 0.2) is 0 Å². The van der Waals surface area contributed by atoms with E-state index in [-0.39, 0.29) is 0 Å². The molecule has 6 nitrogen and oxygen atoms in total. The Morgan fingerprint density at radius 3 is 2.48 bits per heavy atom. The Kier molecular flexibility index (Phi) is 4.63. The summed E-state index contributed by atoms with van der Waals surface area (Å²) < 4.78 is 5.46. The summed E-state index contributed by atoms with van der Waals surface area (Å²) in [6.45, 7) is 6.11. The summed E-state index contributed by atoms with van der Waals surface area (Å²) in [4.78, 5) is 25.9. The highest BCUT2D eigenvalue weighted by atomic mass is 16.6. The second-order valence-electron chi connectivity index (χ2n) is 7.52. The minimum Gasteiger partial charge on any atom is -0.444 e. The van der Waals surface area contributed by atoms with E-state index in [0.717, 1.165) is 16.7 Å². The molecule has 0 aromatic heterocycles. The summed E-state index contributed by atoms with van der Waals surface area (Å²) in [5.74, 6) is -0.552. The molecule has 0 saturated carbocycles. The van der Waals surface area contributed by atoms with Gasteiger partial charge in [0, 0.05) is 12.1 Å². The van der Waals surface area contributed by atoms with E-state index in [4.69, 9.17) is 10.5 Å². The van der Waals surface area contributed by atoms with Gasteiger partial charge >= 0.3 is 6.09 Å². The van der Waals surface area contributed by atoms with E-state index in [2.05, 4.69) is 6.07 Å². The molecule has 0 unspecified atom stereocenters. The van der Waals surface area contributed by atoms with Crippen LogP contribution in [0.3, 0.4) is 0 Å². The van der Waals surface area contributed by atoms with Crippen LogP contribution in [-0.4, -0.2) is 22.5 Å². The number of nitrogens with two attached hydrogens (primary N) is 1. The first-order valence-electron chi connectivity index (χ1n) is 8.62. The number of hydrogen-bond acceptors (Lipinski definition) is 4. The Hall–Kier alpha value is -3.33. The van der Waals surface area contributed by atoms with Crippen molar-refractivity contribution in [3.05, 3.63) is 58.7 Å². The van der Waals surface area contributed by atoms with Gasteiger partial charge in [-0.2, -0.15) is 5.26 Å². The maximum atomic E-state index is 12.5. The van der Waals surface area contributed by atoms with Gasteiger partial charge in [-0.25, -0.2) is 4.79 Å². The molecular formula is C21H21N3O3. The molecule has 1 aliphatic rings. The van der Waals surface area contributed by atoms with Gasteiger partial charge in [0.25, 0.3) is 0 Å².